The summed E-state index contributed by atoms with van der Waals surface area (Å²) in [5.74, 6) is -0.986. The molecule has 0 atom stereocenters. The minimum absolute atomic E-state index is 0.185. The Morgan fingerprint density at radius 1 is 1.13 bits per heavy atom. The summed E-state index contributed by atoms with van der Waals surface area (Å²) < 4.78 is 0. The Hall–Kier alpha value is -3.24. The van der Waals surface area contributed by atoms with Gasteiger partial charge in [0.05, 0.1) is 5.69 Å². The van der Waals surface area contributed by atoms with Gasteiger partial charge in [0.2, 0.25) is 0 Å². The molecule has 0 bridgehead atoms. The van der Waals surface area contributed by atoms with Gasteiger partial charge in [0, 0.05) is 38.8 Å². The summed E-state index contributed by atoms with van der Waals surface area (Å²) in [6.45, 7) is 4.11. The predicted octanol–water partition coefficient (Wildman–Crippen LogP) is 6.62. The summed E-state index contributed by atoms with van der Waals surface area (Å²) >= 11 is 6.67. The SMILES string of the molecule is CCc1c(-c2c(C)ccc3[nH]ccc23)[nH]c(C(=O)O)c1-c1c(Cl)ccc2c1C=CC2. The lowest BCUT2D eigenvalue weighted by atomic mass is 9.90. The topological polar surface area (TPSA) is 68.9 Å². The molecule has 3 N–H and O–H groups in total. The van der Waals surface area contributed by atoms with Crippen molar-refractivity contribution in [2.24, 2.45) is 0 Å². The van der Waals surface area contributed by atoms with Crippen molar-refractivity contribution in [1.82, 2.24) is 9.97 Å². The molecule has 2 heterocycles. The molecule has 0 saturated carbocycles. The van der Waals surface area contributed by atoms with Crippen LogP contribution in [-0.4, -0.2) is 21.0 Å². The van der Waals surface area contributed by atoms with E-state index in [1.165, 1.54) is 5.56 Å². The molecule has 1 aliphatic rings. The van der Waals surface area contributed by atoms with E-state index < -0.39 is 5.97 Å². The molecule has 150 valence electrons. The number of aromatic carboxylic acids is 1. The number of halogens is 1. The van der Waals surface area contributed by atoms with Gasteiger partial charge in [0.15, 0.2) is 0 Å². The van der Waals surface area contributed by atoms with Crippen LogP contribution in [0.25, 0.3) is 39.4 Å². The number of H-pyrrole nitrogens is 2. The van der Waals surface area contributed by atoms with Gasteiger partial charge >= 0.3 is 5.97 Å². The van der Waals surface area contributed by atoms with Crippen molar-refractivity contribution < 1.29 is 9.90 Å². The second-order valence-corrected chi connectivity index (χ2v) is 8.09. The fourth-order valence-corrected chi connectivity index (χ4v) is 4.94. The third-order valence-electron chi connectivity index (χ3n) is 6.02. The van der Waals surface area contributed by atoms with Gasteiger partial charge in [-0.15, -0.1) is 0 Å². The number of fused-ring (bicyclic) bond motifs is 2. The number of hydrogen-bond acceptors (Lipinski definition) is 1. The van der Waals surface area contributed by atoms with Crippen molar-refractivity contribution in [2.45, 2.75) is 26.7 Å². The average molecular weight is 417 g/mol. The Bertz CT molecular complexity index is 1360. The highest BCUT2D eigenvalue weighted by Crippen LogP contribution is 2.45. The predicted molar refractivity (Wildman–Crippen MR) is 122 cm³/mol. The molecule has 2 aromatic carbocycles. The molecule has 30 heavy (non-hydrogen) atoms. The minimum Gasteiger partial charge on any atom is -0.477 e. The van der Waals surface area contributed by atoms with Crippen LogP contribution in [0.15, 0.2) is 42.6 Å². The first kappa shape index (κ1) is 18.8. The van der Waals surface area contributed by atoms with Crippen molar-refractivity contribution in [3.8, 4) is 22.4 Å². The van der Waals surface area contributed by atoms with Crippen LogP contribution in [0.2, 0.25) is 5.02 Å². The molecule has 0 unspecified atom stereocenters. The maximum atomic E-state index is 12.3. The van der Waals surface area contributed by atoms with E-state index in [2.05, 4.69) is 36.0 Å². The van der Waals surface area contributed by atoms with Crippen LogP contribution in [0.1, 0.15) is 39.7 Å². The lowest BCUT2D eigenvalue weighted by Gasteiger charge is -2.14. The van der Waals surface area contributed by atoms with Crippen LogP contribution in [0, 0.1) is 6.92 Å². The number of allylic oxidation sites excluding steroid dienone is 1. The van der Waals surface area contributed by atoms with E-state index in [1.54, 1.807) is 0 Å². The molecule has 0 amide bonds. The first-order chi connectivity index (χ1) is 14.5. The maximum absolute atomic E-state index is 12.3. The van der Waals surface area contributed by atoms with Crippen molar-refractivity contribution >= 4 is 34.5 Å². The van der Waals surface area contributed by atoms with E-state index in [9.17, 15) is 9.90 Å². The molecule has 1 aliphatic carbocycles. The number of nitrogens with one attached hydrogen (secondary N) is 2. The van der Waals surface area contributed by atoms with Gasteiger partial charge in [-0.1, -0.05) is 42.8 Å². The van der Waals surface area contributed by atoms with E-state index in [4.69, 9.17) is 11.6 Å². The summed E-state index contributed by atoms with van der Waals surface area (Å²) in [6.07, 6.45) is 7.56. The highest BCUT2D eigenvalue weighted by molar-refractivity contribution is 6.34. The number of rotatable bonds is 4. The van der Waals surface area contributed by atoms with Gasteiger partial charge in [0.25, 0.3) is 0 Å². The van der Waals surface area contributed by atoms with Crippen LogP contribution in [-0.2, 0) is 12.8 Å². The van der Waals surface area contributed by atoms with E-state index in [1.807, 2.05) is 36.5 Å². The number of aryl methyl sites for hydroxylation is 1. The summed E-state index contributed by atoms with van der Waals surface area (Å²) in [5, 5.41) is 11.7. The van der Waals surface area contributed by atoms with Gasteiger partial charge in [-0.2, -0.15) is 0 Å². The highest BCUT2D eigenvalue weighted by Gasteiger charge is 2.28. The maximum Gasteiger partial charge on any atom is 0.352 e. The smallest absolute Gasteiger partial charge is 0.352 e. The largest absolute Gasteiger partial charge is 0.477 e. The first-order valence-electron chi connectivity index (χ1n) is 10.0. The van der Waals surface area contributed by atoms with Crippen LogP contribution in [0.3, 0.4) is 0 Å². The van der Waals surface area contributed by atoms with Crippen molar-refractivity contribution in [2.75, 3.05) is 0 Å². The number of carboxylic acids is 1. The van der Waals surface area contributed by atoms with E-state index >= 15 is 0 Å². The zero-order valence-corrected chi connectivity index (χ0v) is 17.5. The Morgan fingerprint density at radius 3 is 2.73 bits per heavy atom. The molecule has 2 aromatic heterocycles. The number of carbonyl (C=O) groups is 1. The molecule has 0 saturated heterocycles. The number of carboxylic acid groups (broad SMARTS) is 1. The Labute approximate surface area is 179 Å². The van der Waals surface area contributed by atoms with Gasteiger partial charge in [-0.25, -0.2) is 4.79 Å². The van der Waals surface area contributed by atoms with Gasteiger partial charge in [-0.05, 0) is 60.2 Å². The van der Waals surface area contributed by atoms with Crippen molar-refractivity contribution in [1.29, 1.82) is 0 Å². The number of benzene rings is 2. The molecule has 5 heteroatoms. The third kappa shape index (κ3) is 2.64. The minimum atomic E-state index is -0.986. The molecule has 0 radical (unpaired) electrons. The third-order valence-corrected chi connectivity index (χ3v) is 6.34. The summed E-state index contributed by atoms with van der Waals surface area (Å²) in [7, 11) is 0. The van der Waals surface area contributed by atoms with Crippen LogP contribution >= 0.6 is 11.6 Å². The summed E-state index contributed by atoms with van der Waals surface area (Å²) in [5.41, 5.74) is 8.82. The van der Waals surface area contributed by atoms with Gasteiger partial charge < -0.3 is 15.1 Å². The lowest BCUT2D eigenvalue weighted by molar-refractivity contribution is 0.0692. The van der Waals surface area contributed by atoms with E-state index in [-0.39, 0.29) is 5.69 Å². The second kappa shape index (κ2) is 6.92. The number of aromatic nitrogens is 2. The number of hydrogen-bond donors (Lipinski definition) is 3. The Balaban J connectivity index is 1.90. The lowest BCUT2D eigenvalue weighted by Crippen LogP contribution is -2.01. The van der Waals surface area contributed by atoms with Crippen LogP contribution in [0.4, 0.5) is 0 Å². The quantitative estimate of drug-likeness (QED) is 0.349. The zero-order chi connectivity index (χ0) is 21.0. The standard InChI is InChI=1S/C25H21ClN2O2/c1-3-15-22(21-16-6-4-5-14(16)8-9-18(21)26)24(25(29)30)28-23(15)20-13(2)7-10-19-17(20)11-12-27-19/h4,6-12,27-28H,3,5H2,1-2H3,(H,29,30). The molecule has 4 aromatic rings. The second-order valence-electron chi connectivity index (χ2n) is 7.69. The normalized spacial score (nSPS) is 12.6. The molecular formula is C25H21ClN2O2. The van der Waals surface area contributed by atoms with Gasteiger partial charge in [0.1, 0.15) is 5.69 Å². The van der Waals surface area contributed by atoms with E-state index in [0.717, 1.165) is 50.8 Å². The number of aromatic amines is 2. The molecule has 0 fully saturated rings. The zero-order valence-electron chi connectivity index (χ0n) is 16.8. The summed E-state index contributed by atoms with van der Waals surface area (Å²) in [6, 6.07) is 10.0. The molecule has 0 aliphatic heterocycles. The Kier molecular flexibility index (Phi) is 4.33. The van der Waals surface area contributed by atoms with Gasteiger partial charge in [-0.3, -0.25) is 0 Å². The van der Waals surface area contributed by atoms with Crippen molar-refractivity contribution in [3.05, 3.63) is 75.6 Å². The molecular weight excluding hydrogens is 396 g/mol. The van der Waals surface area contributed by atoms with Crippen LogP contribution < -0.4 is 0 Å². The Morgan fingerprint density at radius 2 is 1.97 bits per heavy atom. The average Bonchev–Trinajstić information content (AvgIpc) is 3.45. The van der Waals surface area contributed by atoms with Crippen LogP contribution in [0.5, 0.6) is 0 Å². The monoisotopic (exact) mass is 416 g/mol. The molecule has 5 rings (SSSR count). The fourth-order valence-electron chi connectivity index (χ4n) is 4.68. The summed E-state index contributed by atoms with van der Waals surface area (Å²) in [4.78, 5) is 18.8. The fraction of sp³-hybridized carbons (Fsp3) is 0.160. The molecule has 4 nitrogen and oxygen atoms in total. The van der Waals surface area contributed by atoms with E-state index in [0.29, 0.717) is 17.0 Å². The van der Waals surface area contributed by atoms with Crippen molar-refractivity contribution in [3.63, 3.8) is 0 Å². The first-order valence-corrected chi connectivity index (χ1v) is 10.4. The highest BCUT2D eigenvalue weighted by atomic mass is 35.5. The molecule has 0 spiro atoms.